The number of hydrogen-bond donors (Lipinski definition) is 2. The minimum atomic E-state index is 1.12. The van der Waals surface area contributed by atoms with Gasteiger partial charge < -0.3 is 10.3 Å². The summed E-state index contributed by atoms with van der Waals surface area (Å²) in [7, 11) is 0. The lowest BCUT2D eigenvalue weighted by Gasteiger charge is -2.16. The molecule has 4 rings (SSSR count). The number of pyridine rings is 1. The summed E-state index contributed by atoms with van der Waals surface area (Å²) in [6.45, 7) is 0. The van der Waals surface area contributed by atoms with Gasteiger partial charge in [-0.1, -0.05) is 36.4 Å². The minimum Gasteiger partial charge on any atom is -0.354 e. The molecule has 2 aromatic carbocycles. The standard InChI is InChI=1S/C19H16N2S/c1-22-14-7-4-6-13(12-14)20-19-15-8-2-3-10-17(15)21-18-11-5-9-16(18)19/h2-12,20-21H,1H3. The monoisotopic (exact) mass is 304 g/mol. The molecule has 2 N–H and O–H groups in total. The van der Waals surface area contributed by atoms with E-state index in [1.54, 1.807) is 11.8 Å². The van der Waals surface area contributed by atoms with Crippen LogP contribution in [0.1, 0.15) is 0 Å². The molecule has 0 amide bonds. The maximum absolute atomic E-state index is 3.62. The molecule has 0 saturated heterocycles. The van der Waals surface area contributed by atoms with E-state index in [1.165, 1.54) is 15.8 Å². The fourth-order valence-electron chi connectivity index (χ4n) is 2.83. The molecule has 22 heavy (non-hydrogen) atoms. The highest BCUT2D eigenvalue weighted by molar-refractivity contribution is 7.98. The van der Waals surface area contributed by atoms with E-state index in [0.29, 0.717) is 0 Å². The summed E-state index contributed by atoms with van der Waals surface area (Å²) in [6.07, 6.45) is 2.10. The van der Waals surface area contributed by atoms with Gasteiger partial charge in [-0.05, 0) is 36.6 Å². The Bertz CT molecular complexity index is 910. The van der Waals surface area contributed by atoms with Gasteiger partial charge in [0.05, 0.1) is 5.69 Å². The maximum Gasteiger partial charge on any atom is 0.0573 e. The number of fused-ring (bicyclic) bond motifs is 2. The summed E-state index contributed by atoms with van der Waals surface area (Å²) in [6, 6.07) is 23.3. The first-order chi connectivity index (χ1) is 10.8. The lowest BCUT2D eigenvalue weighted by Crippen LogP contribution is -1.96. The zero-order chi connectivity index (χ0) is 14.9. The van der Waals surface area contributed by atoms with Gasteiger partial charge in [0, 0.05) is 32.7 Å². The molecule has 3 heteroatoms. The number of H-pyrrole nitrogens is 1. The highest BCUT2D eigenvalue weighted by atomic mass is 32.2. The molecule has 0 fully saturated rings. The summed E-state index contributed by atoms with van der Waals surface area (Å²) in [5.74, 6) is 0. The Morgan fingerprint density at radius 3 is 2.68 bits per heavy atom. The Morgan fingerprint density at radius 2 is 1.77 bits per heavy atom. The van der Waals surface area contributed by atoms with Gasteiger partial charge in [-0.3, -0.25) is 0 Å². The van der Waals surface area contributed by atoms with E-state index in [-0.39, 0.29) is 0 Å². The average Bonchev–Trinajstić information content (AvgIpc) is 3.03. The van der Waals surface area contributed by atoms with Crippen molar-refractivity contribution in [3.05, 3.63) is 66.7 Å². The quantitative estimate of drug-likeness (QED) is 0.472. The van der Waals surface area contributed by atoms with Crippen LogP contribution in [0.2, 0.25) is 0 Å². The molecule has 0 atom stereocenters. The van der Waals surface area contributed by atoms with Crippen LogP contribution in [0.25, 0.3) is 22.2 Å². The summed E-state index contributed by atoms with van der Waals surface area (Å²) < 4.78 is 0. The van der Waals surface area contributed by atoms with E-state index in [4.69, 9.17) is 0 Å². The lowest BCUT2D eigenvalue weighted by molar-refractivity contribution is 1.40. The molecule has 1 aliphatic heterocycles. The number of aromatic amines is 1. The number of hydrogen-bond acceptors (Lipinski definition) is 2. The predicted molar refractivity (Wildman–Crippen MR) is 96.4 cm³/mol. The molecule has 0 aromatic heterocycles. The Morgan fingerprint density at radius 1 is 0.909 bits per heavy atom. The van der Waals surface area contributed by atoms with Crippen LogP contribution < -0.4 is 5.32 Å². The molecular weight excluding hydrogens is 288 g/mol. The molecule has 2 aromatic rings. The normalized spacial score (nSPS) is 11.1. The Labute approximate surface area is 133 Å². The van der Waals surface area contributed by atoms with Crippen LogP contribution in [0.4, 0.5) is 11.4 Å². The van der Waals surface area contributed by atoms with Crippen LogP contribution in [-0.4, -0.2) is 11.2 Å². The summed E-state index contributed by atoms with van der Waals surface area (Å²) >= 11 is 1.76. The van der Waals surface area contributed by atoms with Crippen LogP contribution in [0.5, 0.6) is 0 Å². The highest BCUT2D eigenvalue weighted by Crippen LogP contribution is 2.37. The van der Waals surface area contributed by atoms with Gasteiger partial charge in [0.2, 0.25) is 0 Å². The van der Waals surface area contributed by atoms with E-state index in [9.17, 15) is 0 Å². The molecule has 2 aliphatic rings. The van der Waals surface area contributed by atoms with E-state index < -0.39 is 0 Å². The van der Waals surface area contributed by atoms with Crippen molar-refractivity contribution in [2.45, 2.75) is 4.90 Å². The maximum atomic E-state index is 3.62. The second-order valence-electron chi connectivity index (χ2n) is 5.26. The Balaban J connectivity index is 1.90. The minimum absolute atomic E-state index is 1.12. The molecule has 2 nitrogen and oxygen atoms in total. The molecule has 108 valence electrons. The van der Waals surface area contributed by atoms with Crippen molar-refractivity contribution < 1.29 is 0 Å². The SMILES string of the molecule is CSc1cccc(Nc2c3cccc-3[nH]c3ccccc23)c1. The second-order valence-corrected chi connectivity index (χ2v) is 6.14. The third-order valence-corrected chi connectivity index (χ3v) is 4.62. The third kappa shape index (κ3) is 2.24. The van der Waals surface area contributed by atoms with Crippen LogP contribution in [0.3, 0.4) is 0 Å². The van der Waals surface area contributed by atoms with Crippen molar-refractivity contribution >= 4 is 34.0 Å². The van der Waals surface area contributed by atoms with E-state index in [0.717, 1.165) is 22.6 Å². The van der Waals surface area contributed by atoms with Crippen LogP contribution in [0.15, 0.2) is 71.6 Å². The van der Waals surface area contributed by atoms with Crippen molar-refractivity contribution in [2.75, 3.05) is 11.6 Å². The van der Waals surface area contributed by atoms with E-state index in [1.807, 2.05) is 0 Å². The van der Waals surface area contributed by atoms with Gasteiger partial charge in [-0.2, -0.15) is 0 Å². The van der Waals surface area contributed by atoms with E-state index >= 15 is 0 Å². The number of aromatic nitrogens is 1. The highest BCUT2D eigenvalue weighted by Gasteiger charge is 2.13. The van der Waals surface area contributed by atoms with Crippen LogP contribution in [-0.2, 0) is 0 Å². The van der Waals surface area contributed by atoms with Crippen molar-refractivity contribution in [3.63, 3.8) is 0 Å². The first kappa shape index (κ1) is 13.3. The summed E-state index contributed by atoms with van der Waals surface area (Å²) in [5, 5.41) is 4.82. The first-order valence-electron chi connectivity index (χ1n) is 7.26. The van der Waals surface area contributed by atoms with Gasteiger partial charge in [0.1, 0.15) is 0 Å². The van der Waals surface area contributed by atoms with Crippen LogP contribution >= 0.6 is 11.8 Å². The molecule has 0 spiro atoms. The van der Waals surface area contributed by atoms with Gasteiger partial charge in [0.25, 0.3) is 0 Å². The topological polar surface area (TPSA) is 27.8 Å². The molecule has 1 aliphatic carbocycles. The van der Waals surface area contributed by atoms with Crippen LogP contribution in [0, 0.1) is 0 Å². The van der Waals surface area contributed by atoms with Gasteiger partial charge in [-0.15, -0.1) is 11.8 Å². The zero-order valence-electron chi connectivity index (χ0n) is 12.3. The van der Waals surface area contributed by atoms with Crippen molar-refractivity contribution in [3.8, 4) is 11.3 Å². The van der Waals surface area contributed by atoms with Gasteiger partial charge >= 0.3 is 0 Å². The summed E-state index contributed by atoms with van der Waals surface area (Å²) in [4.78, 5) is 4.75. The molecular formula is C19H16N2S. The number of anilines is 2. The smallest absolute Gasteiger partial charge is 0.0573 e. The second kappa shape index (κ2) is 5.43. The van der Waals surface area contributed by atoms with Crippen molar-refractivity contribution in [1.82, 2.24) is 4.98 Å². The van der Waals surface area contributed by atoms with Crippen molar-refractivity contribution in [2.24, 2.45) is 0 Å². The Kier molecular flexibility index (Phi) is 3.28. The van der Waals surface area contributed by atoms with Gasteiger partial charge in [-0.25, -0.2) is 0 Å². The zero-order valence-corrected chi connectivity index (χ0v) is 13.1. The molecule has 0 unspecified atom stereocenters. The largest absolute Gasteiger partial charge is 0.354 e. The fourth-order valence-corrected chi connectivity index (χ4v) is 3.29. The fraction of sp³-hybridized carbons (Fsp3) is 0.0526. The molecule has 1 heterocycles. The number of para-hydroxylation sites is 1. The molecule has 0 bridgehead atoms. The average molecular weight is 304 g/mol. The predicted octanol–water partition coefficient (Wildman–Crippen LogP) is 5.74. The summed E-state index contributed by atoms with van der Waals surface area (Å²) in [5.41, 5.74) is 5.79. The Hall–Kier alpha value is -2.39. The molecule has 0 radical (unpaired) electrons. The third-order valence-electron chi connectivity index (χ3n) is 3.89. The first-order valence-corrected chi connectivity index (χ1v) is 8.48. The number of rotatable bonds is 3. The van der Waals surface area contributed by atoms with E-state index in [2.05, 4.69) is 83.3 Å². The number of nitrogens with one attached hydrogen (secondary N) is 2. The lowest BCUT2D eigenvalue weighted by atomic mass is 10.1. The van der Waals surface area contributed by atoms with Gasteiger partial charge in [0.15, 0.2) is 0 Å². The number of benzene rings is 2. The van der Waals surface area contributed by atoms with Crippen molar-refractivity contribution in [1.29, 1.82) is 0 Å². The number of thioether (sulfide) groups is 1. The molecule has 0 saturated carbocycles.